The molecule has 2 aromatic rings. The van der Waals surface area contributed by atoms with Crippen LogP contribution in [0.2, 0.25) is 0 Å². The molecule has 3 aliphatic heterocycles. The summed E-state index contributed by atoms with van der Waals surface area (Å²) < 4.78 is 13.4. The molecule has 3 amide bonds. The summed E-state index contributed by atoms with van der Waals surface area (Å²) >= 11 is 0. The number of nitrogens with zero attached hydrogens (tertiary/aromatic N) is 4. The van der Waals surface area contributed by atoms with Crippen molar-refractivity contribution in [3.05, 3.63) is 47.3 Å². The summed E-state index contributed by atoms with van der Waals surface area (Å²) in [7, 11) is 0. The van der Waals surface area contributed by atoms with Crippen LogP contribution >= 0.6 is 0 Å². The Kier molecular flexibility index (Phi) is 11.5. The third kappa shape index (κ3) is 8.56. The Labute approximate surface area is 252 Å². The average Bonchev–Trinajstić information content (AvgIpc) is 3.60. The van der Waals surface area contributed by atoms with Crippen molar-refractivity contribution >= 4 is 24.2 Å². The Morgan fingerprint density at radius 2 is 1.81 bits per heavy atom. The number of carbonyl (C=O) groups excluding carboxylic acids is 3. The highest BCUT2D eigenvalue weighted by molar-refractivity contribution is 5.83. The molecule has 234 valence electrons. The first-order valence-corrected chi connectivity index (χ1v) is 15.0. The molecular formula is C31H43N5O7. The van der Waals surface area contributed by atoms with E-state index in [9.17, 15) is 14.4 Å². The first-order chi connectivity index (χ1) is 20.8. The number of carbonyl (C=O) groups is 4. The van der Waals surface area contributed by atoms with Gasteiger partial charge in [0.05, 0.1) is 18.2 Å². The third-order valence-corrected chi connectivity index (χ3v) is 8.35. The van der Waals surface area contributed by atoms with Gasteiger partial charge in [0.25, 0.3) is 6.47 Å². The van der Waals surface area contributed by atoms with E-state index in [1.165, 1.54) is 0 Å². The number of amides is 3. The van der Waals surface area contributed by atoms with Crippen LogP contribution in [0.4, 0.5) is 0 Å². The molecular weight excluding hydrogens is 554 g/mol. The molecule has 12 heteroatoms. The summed E-state index contributed by atoms with van der Waals surface area (Å²) in [6.45, 7) is 8.25. The molecule has 0 saturated carbocycles. The summed E-state index contributed by atoms with van der Waals surface area (Å²) in [5.41, 5.74) is 2.95. The van der Waals surface area contributed by atoms with E-state index in [-0.39, 0.29) is 41.9 Å². The first-order valence-electron chi connectivity index (χ1n) is 15.0. The van der Waals surface area contributed by atoms with Gasteiger partial charge in [0.2, 0.25) is 17.7 Å². The fourth-order valence-corrected chi connectivity index (χ4v) is 6.13. The molecule has 43 heavy (non-hydrogen) atoms. The van der Waals surface area contributed by atoms with E-state index in [1.54, 1.807) is 0 Å². The fourth-order valence-electron chi connectivity index (χ4n) is 6.13. The van der Waals surface area contributed by atoms with Gasteiger partial charge in [0, 0.05) is 69.9 Å². The standard InChI is InChI=1S/C30H41N5O5.CH2O2/c1-21-17-22(2)35(32-21)12-7-28(36)34-19-26-24-5-3-6-25(18-24)40-16-13-33(30(38)23-8-14-39-15-9-23)11-4-10-31-29(37)27(26)20-34;2-1-3/h3,5-6,17-18,23,26-27H,4,7-16,19-20H2,1-2H3,(H,31,37);1H,(H,2,3)/t26-,27+;/m1./s1. The normalized spacial score (nSPS) is 21.4. The number of hydrogen-bond acceptors (Lipinski definition) is 7. The van der Waals surface area contributed by atoms with Crippen molar-refractivity contribution in [3.8, 4) is 5.75 Å². The molecule has 2 atom stereocenters. The molecule has 2 N–H and O–H groups in total. The number of nitrogens with one attached hydrogen (secondary N) is 1. The van der Waals surface area contributed by atoms with Crippen molar-refractivity contribution in [3.63, 3.8) is 0 Å². The van der Waals surface area contributed by atoms with E-state index < -0.39 is 0 Å². The predicted molar refractivity (Wildman–Crippen MR) is 158 cm³/mol. The van der Waals surface area contributed by atoms with Crippen LogP contribution in [-0.4, -0.2) is 101 Å². The van der Waals surface area contributed by atoms with Gasteiger partial charge >= 0.3 is 0 Å². The van der Waals surface area contributed by atoms with Crippen LogP contribution in [0.3, 0.4) is 0 Å². The molecule has 0 radical (unpaired) electrons. The Morgan fingerprint density at radius 3 is 2.53 bits per heavy atom. The van der Waals surface area contributed by atoms with Crippen molar-refractivity contribution in [2.75, 3.05) is 52.5 Å². The van der Waals surface area contributed by atoms with E-state index in [2.05, 4.69) is 10.4 Å². The van der Waals surface area contributed by atoms with Crippen molar-refractivity contribution in [1.82, 2.24) is 24.9 Å². The molecule has 4 heterocycles. The second-order valence-electron chi connectivity index (χ2n) is 11.3. The van der Waals surface area contributed by atoms with E-state index in [0.717, 1.165) is 29.8 Å². The van der Waals surface area contributed by atoms with Crippen LogP contribution in [0, 0.1) is 25.7 Å². The Balaban J connectivity index is 0.00000135. The highest BCUT2D eigenvalue weighted by Crippen LogP contribution is 2.35. The van der Waals surface area contributed by atoms with Gasteiger partial charge in [-0.25, -0.2) is 0 Å². The van der Waals surface area contributed by atoms with Gasteiger partial charge in [-0.05, 0) is 56.9 Å². The van der Waals surface area contributed by atoms with Crippen LogP contribution in [0.1, 0.15) is 48.6 Å². The second kappa shape index (κ2) is 15.5. The minimum Gasteiger partial charge on any atom is -0.492 e. The van der Waals surface area contributed by atoms with Gasteiger partial charge < -0.3 is 29.7 Å². The molecule has 2 fully saturated rings. The molecule has 0 unspecified atom stereocenters. The van der Waals surface area contributed by atoms with Crippen molar-refractivity contribution < 1.29 is 33.8 Å². The van der Waals surface area contributed by atoms with Crippen LogP contribution < -0.4 is 10.1 Å². The Bertz CT molecular complexity index is 1260. The monoisotopic (exact) mass is 597 g/mol. The van der Waals surface area contributed by atoms with E-state index in [0.29, 0.717) is 77.7 Å². The van der Waals surface area contributed by atoms with Crippen LogP contribution in [0.5, 0.6) is 5.75 Å². The highest BCUT2D eigenvalue weighted by Gasteiger charge is 2.40. The summed E-state index contributed by atoms with van der Waals surface area (Å²) in [4.78, 5) is 52.0. The number of likely N-dealkylation sites (tertiary alicyclic amines) is 1. The number of carboxylic acid groups (broad SMARTS) is 1. The van der Waals surface area contributed by atoms with E-state index in [4.69, 9.17) is 19.4 Å². The maximum Gasteiger partial charge on any atom is 0.290 e. The van der Waals surface area contributed by atoms with E-state index >= 15 is 0 Å². The number of aromatic nitrogens is 2. The number of hydrogen-bond donors (Lipinski definition) is 2. The maximum atomic E-state index is 13.4. The molecule has 0 aliphatic carbocycles. The van der Waals surface area contributed by atoms with Crippen LogP contribution in [-0.2, 0) is 30.5 Å². The average molecular weight is 598 g/mol. The molecule has 1 aromatic heterocycles. The lowest BCUT2D eigenvalue weighted by Gasteiger charge is -2.30. The minimum absolute atomic E-state index is 0.0189. The zero-order valence-electron chi connectivity index (χ0n) is 25.1. The summed E-state index contributed by atoms with van der Waals surface area (Å²) in [5.74, 6) is 0.345. The molecule has 12 nitrogen and oxygen atoms in total. The number of ether oxygens (including phenoxy) is 2. The third-order valence-electron chi connectivity index (χ3n) is 8.35. The largest absolute Gasteiger partial charge is 0.492 e. The van der Waals surface area contributed by atoms with Crippen molar-refractivity contribution in [2.24, 2.45) is 11.8 Å². The van der Waals surface area contributed by atoms with Gasteiger partial charge in [0.15, 0.2) is 0 Å². The topological polar surface area (TPSA) is 143 Å². The molecule has 3 aliphatic rings. The summed E-state index contributed by atoms with van der Waals surface area (Å²) in [6, 6.07) is 9.83. The lowest BCUT2D eigenvalue weighted by molar-refractivity contribution is -0.139. The molecule has 1 aromatic carbocycles. The van der Waals surface area contributed by atoms with Gasteiger partial charge in [-0.1, -0.05) is 12.1 Å². The van der Waals surface area contributed by atoms with Crippen LogP contribution in [0.25, 0.3) is 0 Å². The van der Waals surface area contributed by atoms with Gasteiger partial charge in [-0.3, -0.25) is 23.9 Å². The fraction of sp³-hybridized carbons (Fsp3) is 0.581. The smallest absolute Gasteiger partial charge is 0.290 e. The zero-order valence-corrected chi connectivity index (χ0v) is 25.1. The number of aryl methyl sites for hydroxylation is 3. The predicted octanol–water partition coefficient (Wildman–Crippen LogP) is 1.99. The number of rotatable bonds is 4. The van der Waals surface area contributed by atoms with Gasteiger partial charge in [-0.15, -0.1) is 0 Å². The summed E-state index contributed by atoms with van der Waals surface area (Å²) in [6.07, 6.45) is 2.49. The SMILES string of the molecule is Cc1cc(C)n(CCC(=O)N2C[C@@H]3C(=O)NCCCN(C(=O)C4CCOCC4)CCOc4cccc(c4)[C@H]3C2)n1.O=CO. The van der Waals surface area contributed by atoms with Crippen molar-refractivity contribution in [1.29, 1.82) is 0 Å². The number of benzene rings is 1. The lowest BCUT2D eigenvalue weighted by Crippen LogP contribution is -2.42. The molecule has 2 bridgehead atoms. The van der Waals surface area contributed by atoms with Gasteiger partial charge in [0.1, 0.15) is 12.4 Å². The Morgan fingerprint density at radius 1 is 1.07 bits per heavy atom. The maximum absolute atomic E-state index is 13.4. The first kappa shape index (κ1) is 32.0. The minimum atomic E-state index is -0.351. The molecule has 5 rings (SSSR count). The van der Waals surface area contributed by atoms with E-state index in [1.807, 2.05) is 58.7 Å². The lowest BCUT2D eigenvalue weighted by atomic mass is 9.88. The zero-order chi connectivity index (χ0) is 30.8. The number of fused-ring (bicyclic) bond motifs is 4. The Hall–Kier alpha value is -3.93. The summed E-state index contributed by atoms with van der Waals surface area (Å²) in [5, 5.41) is 14.5. The van der Waals surface area contributed by atoms with Crippen LogP contribution in [0.15, 0.2) is 30.3 Å². The van der Waals surface area contributed by atoms with Gasteiger partial charge in [-0.2, -0.15) is 5.10 Å². The second-order valence-corrected chi connectivity index (χ2v) is 11.3. The molecule has 0 spiro atoms. The molecule has 2 saturated heterocycles. The highest BCUT2D eigenvalue weighted by atomic mass is 16.5. The van der Waals surface area contributed by atoms with Crippen molar-refractivity contribution in [2.45, 2.75) is 52.0 Å². The quantitative estimate of drug-likeness (QED) is 0.510.